The molecule has 8 heteroatoms. The maximum absolute atomic E-state index is 13.1. The van der Waals surface area contributed by atoms with E-state index in [4.69, 9.17) is 9.47 Å². The molecule has 1 saturated heterocycles. The highest BCUT2D eigenvalue weighted by Gasteiger charge is 2.24. The van der Waals surface area contributed by atoms with Crippen LogP contribution in [0.3, 0.4) is 0 Å². The van der Waals surface area contributed by atoms with Crippen molar-refractivity contribution in [3.8, 4) is 5.75 Å². The minimum atomic E-state index is -0.263. The third-order valence-corrected chi connectivity index (χ3v) is 6.20. The molecule has 1 aliphatic rings. The Bertz CT molecular complexity index is 999. The second-order valence-electron chi connectivity index (χ2n) is 7.74. The van der Waals surface area contributed by atoms with Gasteiger partial charge in [0.05, 0.1) is 19.2 Å². The van der Waals surface area contributed by atoms with Crippen LogP contribution in [0.2, 0.25) is 0 Å². The molecule has 3 rings (SSSR count). The van der Waals surface area contributed by atoms with Crippen LogP contribution in [0.25, 0.3) is 0 Å². The first-order valence-corrected chi connectivity index (χ1v) is 11.3. The largest absolute Gasteiger partial charge is 0.496 e. The molecule has 1 aromatic heterocycles. The van der Waals surface area contributed by atoms with Gasteiger partial charge in [-0.1, -0.05) is 15.9 Å². The van der Waals surface area contributed by atoms with Gasteiger partial charge in [0.1, 0.15) is 5.75 Å². The predicted molar refractivity (Wildman–Crippen MR) is 125 cm³/mol. The van der Waals surface area contributed by atoms with Crippen LogP contribution < -0.4 is 20.5 Å². The standard InChI is InChI=1S/C23H30BrN3O4/c1-5-27(17-6-8-31-9-7-17)20-12-16(24)11-18(15(20)3)22(28)25-13-19-21(30-4)10-14(2)26-23(19)29/h10-12,17H,5-9,13H2,1-4H3,(H,25,28)(H,26,29). The second-order valence-corrected chi connectivity index (χ2v) is 8.65. The van der Waals surface area contributed by atoms with Crippen molar-refractivity contribution in [2.24, 2.45) is 0 Å². The first-order valence-electron chi connectivity index (χ1n) is 10.5. The number of carbonyl (C=O) groups is 1. The molecule has 7 nitrogen and oxygen atoms in total. The number of aryl methyl sites for hydroxylation is 1. The Morgan fingerprint density at radius 1 is 1.29 bits per heavy atom. The molecular weight excluding hydrogens is 462 g/mol. The number of carbonyl (C=O) groups excluding carboxylic acids is 1. The Hall–Kier alpha value is -2.32. The maximum Gasteiger partial charge on any atom is 0.256 e. The predicted octanol–water partition coefficient (Wildman–Crippen LogP) is 3.70. The Morgan fingerprint density at radius 2 is 2.00 bits per heavy atom. The lowest BCUT2D eigenvalue weighted by Crippen LogP contribution is -2.40. The number of halogens is 1. The number of amides is 1. The van der Waals surface area contributed by atoms with Gasteiger partial charge in [-0.2, -0.15) is 0 Å². The van der Waals surface area contributed by atoms with Crippen LogP contribution >= 0.6 is 15.9 Å². The summed E-state index contributed by atoms with van der Waals surface area (Å²) in [7, 11) is 1.51. The van der Waals surface area contributed by atoms with E-state index < -0.39 is 0 Å². The molecule has 0 aliphatic carbocycles. The van der Waals surface area contributed by atoms with E-state index >= 15 is 0 Å². The number of ether oxygens (including phenoxy) is 2. The minimum absolute atomic E-state index is 0.0797. The fourth-order valence-corrected chi connectivity index (χ4v) is 4.57. The van der Waals surface area contributed by atoms with Gasteiger partial charge >= 0.3 is 0 Å². The molecule has 0 bridgehead atoms. The van der Waals surface area contributed by atoms with Crippen molar-refractivity contribution in [2.45, 2.75) is 46.2 Å². The maximum atomic E-state index is 13.1. The summed E-state index contributed by atoms with van der Waals surface area (Å²) in [5.74, 6) is 0.231. The smallest absolute Gasteiger partial charge is 0.256 e. The van der Waals surface area contributed by atoms with Crippen molar-refractivity contribution >= 4 is 27.5 Å². The van der Waals surface area contributed by atoms with Gasteiger partial charge in [-0.3, -0.25) is 9.59 Å². The van der Waals surface area contributed by atoms with Gasteiger partial charge in [-0.15, -0.1) is 0 Å². The average molecular weight is 492 g/mol. The van der Waals surface area contributed by atoms with E-state index in [1.807, 2.05) is 13.0 Å². The molecule has 0 spiro atoms. The Balaban J connectivity index is 1.86. The zero-order valence-electron chi connectivity index (χ0n) is 18.5. The number of H-pyrrole nitrogens is 1. The van der Waals surface area contributed by atoms with Crippen LogP contribution in [0.1, 0.15) is 46.9 Å². The average Bonchev–Trinajstić information content (AvgIpc) is 2.75. The summed E-state index contributed by atoms with van der Waals surface area (Å²) in [6.07, 6.45) is 1.94. The molecule has 1 amide bonds. The summed E-state index contributed by atoms with van der Waals surface area (Å²) in [4.78, 5) is 30.5. The molecule has 168 valence electrons. The topological polar surface area (TPSA) is 83.7 Å². The second kappa shape index (κ2) is 10.3. The van der Waals surface area contributed by atoms with Crippen molar-refractivity contribution < 1.29 is 14.3 Å². The van der Waals surface area contributed by atoms with Gasteiger partial charge < -0.3 is 24.7 Å². The third-order valence-electron chi connectivity index (χ3n) is 5.75. The molecule has 1 fully saturated rings. The summed E-state index contributed by atoms with van der Waals surface area (Å²) in [6, 6.07) is 6.03. The van der Waals surface area contributed by atoms with E-state index in [0.29, 0.717) is 28.6 Å². The van der Waals surface area contributed by atoms with Crippen LogP contribution in [-0.4, -0.2) is 43.8 Å². The van der Waals surface area contributed by atoms with Crippen LogP contribution in [-0.2, 0) is 11.3 Å². The molecule has 0 unspecified atom stereocenters. The van der Waals surface area contributed by atoms with Crippen molar-refractivity contribution in [1.82, 2.24) is 10.3 Å². The summed E-state index contributed by atoms with van der Waals surface area (Å²) in [6.45, 7) is 8.33. The number of pyridine rings is 1. The Kier molecular flexibility index (Phi) is 7.78. The van der Waals surface area contributed by atoms with Crippen molar-refractivity contribution in [3.05, 3.63) is 55.4 Å². The van der Waals surface area contributed by atoms with E-state index in [-0.39, 0.29) is 18.0 Å². The van der Waals surface area contributed by atoms with Crippen LogP contribution in [0.5, 0.6) is 5.75 Å². The van der Waals surface area contributed by atoms with Gasteiger partial charge in [-0.25, -0.2) is 0 Å². The zero-order valence-corrected chi connectivity index (χ0v) is 20.1. The normalized spacial score (nSPS) is 14.4. The monoisotopic (exact) mass is 491 g/mol. The highest BCUT2D eigenvalue weighted by molar-refractivity contribution is 9.10. The quantitative estimate of drug-likeness (QED) is 0.616. The van der Waals surface area contributed by atoms with Gasteiger partial charge in [0.2, 0.25) is 0 Å². The lowest BCUT2D eigenvalue weighted by atomic mass is 10.0. The third kappa shape index (κ3) is 5.30. The fourth-order valence-electron chi connectivity index (χ4n) is 4.12. The lowest BCUT2D eigenvalue weighted by molar-refractivity contribution is 0.0845. The molecule has 0 saturated carbocycles. The Labute approximate surface area is 191 Å². The number of aromatic nitrogens is 1. The van der Waals surface area contributed by atoms with Gasteiger partial charge in [-0.05, 0) is 57.4 Å². The molecule has 0 radical (unpaired) electrons. The minimum Gasteiger partial charge on any atom is -0.496 e. The number of rotatable bonds is 7. The van der Waals surface area contributed by atoms with Crippen LogP contribution in [0.15, 0.2) is 27.5 Å². The number of anilines is 1. The zero-order chi connectivity index (χ0) is 22.5. The Morgan fingerprint density at radius 3 is 2.65 bits per heavy atom. The number of benzene rings is 1. The number of nitrogens with one attached hydrogen (secondary N) is 2. The van der Waals surface area contributed by atoms with Crippen molar-refractivity contribution in [1.29, 1.82) is 0 Å². The number of methoxy groups -OCH3 is 1. The number of hydrogen-bond donors (Lipinski definition) is 2. The first-order chi connectivity index (χ1) is 14.8. The molecule has 0 atom stereocenters. The van der Waals surface area contributed by atoms with E-state index in [0.717, 1.165) is 48.3 Å². The van der Waals surface area contributed by atoms with Gasteiger partial charge in [0.15, 0.2) is 0 Å². The molecule has 31 heavy (non-hydrogen) atoms. The highest BCUT2D eigenvalue weighted by Crippen LogP contribution is 2.31. The molecular formula is C23H30BrN3O4. The van der Waals surface area contributed by atoms with Gasteiger partial charge in [0, 0.05) is 47.2 Å². The molecule has 1 aliphatic heterocycles. The van der Waals surface area contributed by atoms with Crippen molar-refractivity contribution in [2.75, 3.05) is 31.8 Å². The van der Waals surface area contributed by atoms with E-state index in [2.05, 4.69) is 44.1 Å². The number of hydrogen-bond acceptors (Lipinski definition) is 5. The molecule has 1 aromatic carbocycles. The highest BCUT2D eigenvalue weighted by atomic mass is 79.9. The summed E-state index contributed by atoms with van der Waals surface area (Å²) >= 11 is 3.57. The number of aromatic amines is 1. The summed E-state index contributed by atoms with van der Waals surface area (Å²) in [5.41, 5.74) is 3.38. The van der Waals surface area contributed by atoms with E-state index in [1.165, 1.54) is 7.11 Å². The van der Waals surface area contributed by atoms with Crippen LogP contribution in [0, 0.1) is 13.8 Å². The lowest BCUT2D eigenvalue weighted by Gasteiger charge is -2.36. The first kappa shape index (κ1) is 23.3. The van der Waals surface area contributed by atoms with Gasteiger partial charge in [0.25, 0.3) is 11.5 Å². The molecule has 2 aromatic rings. The van der Waals surface area contributed by atoms with Crippen molar-refractivity contribution in [3.63, 3.8) is 0 Å². The van der Waals surface area contributed by atoms with Crippen LogP contribution in [0.4, 0.5) is 5.69 Å². The molecule has 2 N–H and O–H groups in total. The fraction of sp³-hybridized carbons (Fsp3) is 0.478. The SMILES string of the molecule is CCN(c1cc(Br)cc(C(=O)NCc2c(OC)cc(C)[nH]c2=O)c1C)C1CCOCC1. The van der Waals surface area contributed by atoms with E-state index in [1.54, 1.807) is 13.0 Å². The van der Waals surface area contributed by atoms with E-state index in [9.17, 15) is 9.59 Å². The molecule has 2 heterocycles. The summed E-state index contributed by atoms with van der Waals surface area (Å²) in [5, 5.41) is 2.88. The number of nitrogens with zero attached hydrogens (tertiary/aromatic N) is 1. The summed E-state index contributed by atoms with van der Waals surface area (Å²) < 4.78 is 11.7.